The lowest BCUT2D eigenvalue weighted by Gasteiger charge is -2.35. The van der Waals surface area contributed by atoms with Crippen molar-refractivity contribution < 1.29 is 43.6 Å². The summed E-state index contributed by atoms with van der Waals surface area (Å²) < 4.78 is 16.9. The number of carbonyl (C=O) groups excluding carboxylic acids is 4. The highest BCUT2D eigenvalue weighted by Gasteiger charge is 2.37. The van der Waals surface area contributed by atoms with E-state index in [-0.39, 0.29) is 44.0 Å². The van der Waals surface area contributed by atoms with Gasteiger partial charge in [0.1, 0.15) is 18.3 Å². The van der Waals surface area contributed by atoms with Gasteiger partial charge in [-0.3, -0.25) is 29.4 Å². The van der Waals surface area contributed by atoms with Gasteiger partial charge in [0.25, 0.3) is 11.5 Å². The number of H-pyrrole nitrogens is 1. The minimum absolute atomic E-state index is 0.0111. The van der Waals surface area contributed by atoms with Gasteiger partial charge in [0.05, 0.1) is 57.4 Å². The van der Waals surface area contributed by atoms with E-state index >= 15 is 0 Å². The summed E-state index contributed by atoms with van der Waals surface area (Å²) in [6, 6.07) is 19.8. The number of aliphatic hydroxyl groups is 2. The number of hydrogen-bond acceptors (Lipinski definition) is 14. The molecule has 6 rings (SSSR count). The summed E-state index contributed by atoms with van der Waals surface area (Å²) in [5, 5.41) is 30.6. The van der Waals surface area contributed by atoms with E-state index in [1.54, 1.807) is 42.9 Å². The molecule has 0 aliphatic carbocycles. The molecule has 0 saturated carbocycles. The van der Waals surface area contributed by atoms with Crippen LogP contribution in [0.1, 0.15) is 71.7 Å². The fourth-order valence-corrected chi connectivity index (χ4v) is 7.48. The summed E-state index contributed by atoms with van der Waals surface area (Å²) in [5.74, 6) is -1.03. The zero-order valence-corrected chi connectivity index (χ0v) is 39.8. The predicted molar refractivity (Wildman–Crippen MR) is 252 cm³/mol. The van der Waals surface area contributed by atoms with E-state index in [2.05, 4.69) is 41.3 Å². The molecular formula is C48H64N10O10. The maximum absolute atomic E-state index is 13.8. The van der Waals surface area contributed by atoms with Crippen LogP contribution in [0.15, 0.2) is 96.4 Å². The van der Waals surface area contributed by atoms with E-state index in [0.29, 0.717) is 11.2 Å². The molecule has 68 heavy (non-hydrogen) atoms. The molecule has 0 bridgehead atoms. The molecule has 6 atom stereocenters. The first-order chi connectivity index (χ1) is 32.3. The average Bonchev–Trinajstić information content (AvgIpc) is 3.98. The topological polar surface area (TPSA) is 264 Å². The molecule has 7 N–H and O–H groups in total. The van der Waals surface area contributed by atoms with Crippen molar-refractivity contribution in [2.45, 2.75) is 104 Å². The number of fused-ring (bicyclic) bond motifs is 1. The minimum Gasteiger partial charge on any atom is -0.453 e. The average molecular weight is 941 g/mol. The molecule has 20 heteroatoms. The number of aliphatic hydroxyl groups excluding tert-OH is 2. The number of nitrogens with one attached hydrogen (secondary N) is 5. The molecule has 0 radical (unpaired) electrons. The lowest BCUT2D eigenvalue weighted by molar-refractivity contribution is -0.132. The van der Waals surface area contributed by atoms with Crippen LogP contribution in [0.25, 0.3) is 22.4 Å². The van der Waals surface area contributed by atoms with E-state index in [4.69, 9.17) is 19.3 Å². The van der Waals surface area contributed by atoms with Gasteiger partial charge in [0.2, 0.25) is 5.91 Å². The van der Waals surface area contributed by atoms with Gasteiger partial charge in [0, 0.05) is 24.8 Å². The summed E-state index contributed by atoms with van der Waals surface area (Å²) in [5.41, 5.74) is 5.44. The van der Waals surface area contributed by atoms with E-state index in [1.807, 2.05) is 93.6 Å². The summed E-state index contributed by atoms with van der Waals surface area (Å²) in [6.45, 7) is 10.9. The zero-order chi connectivity index (χ0) is 49.6. The van der Waals surface area contributed by atoms with Crippen molar-refractivity contribution in [1.29, 1.82) is 0 Å². The van der Waals surface area contributed by atoms with Gasteiger partial charge in [-0.15, -0.1) is 0 Å². The van der Waals surface area contributed by atoms with Gasteiger partial charge in [-0.25, -0.2) is 24.6 Å². The molecular weight excluding hydrogens is 877 g/mol. The summed E-state index contributed by atoms with van der Waals surface area (Å²) in [7, 11) is 2.44. The highest BCUT2D eigenvalue weighted by molar-refractivity contribution is 5.87. The molecule has 3 aromatic heterocycles. The van der Waals surface area contributed by atoms with Crippen molar-refractivity contribution >= 4 is 35.2 Å². The Labute approximate surface area is 395 Å². The number of methoxy groups -OCH3 is 2. The number of rotatable bonds is 16. The normalized spacial score (nSPS) is 16.6. The highest BCUT2D eigenvalue weighted by atomic mass is 16.5. The third-order valence-corrected chi connectivity index (χ3v) is 11.2. The van der Waals surface area contributed by atoms with E-state index in [1.165, 1.54) is 20.5 Å². The lowest BCUT2D eigenvalue weighted by atomic mass is 9.85. The number of alkyl carbamates (subject to hydrolysis) is 2. The standard InChI is InChI=1S/C38H52N6O7.C10H12N4O3/c1-37(2,3)31(41-35(48)50-7)33(46)40-29(22-25-14-10-9-11-15-25)30(45)24-44(43-34(47)32(38(4,5)6)42-36(49)51-8)23-26-17-19-27(20-18-26)28-16-12-13-21-39-28;15-3-6-1-2-7(17-6)14-5-13-8-9(14)11-4-12-10(8)16/h9-21,29-32,45H,22-24H2,1-8H3,(H,40,46)(H,41,48)(H,42,49)(H,43,47);4-7,15H,1-3H2,(H,11,12,16)/t29-,30-,31+,32+;6-,7+/m00/s1. The van der Waals surface area contributed by atoms with Crippen LogP contribution in [0.5, 0.6) is 0 Å². The summed E-state index contributed by atoms with van der Waals surface area (Å²) in [6.07, 6.45) is 3.36. The molecule has 4 amide bonds. The molecule has 366 valence electrons. The molecule has 1 aliphatic rings. The number of aromatic amines is 1. The molecule has 1 aliphatic heterocycles. The van der Waals surface area contributed by atoms with Crippen molar-refractivity contribution in [3.8, 4) is 11.3 Å². The van der Waals surface area contributed by atoms with Crippen LogP contribution in [0, 0.1) is 10.8 Å². The second kappa shape index (κ2) is 23.8. The first kappa shape index (κ1) is 52.2. The lowest BCUT2D eigenvalue weighted by Crippen LogP contribution is -2.60. The number of carbonyl (C=O) groups is 4. The van der Waals surface area contributed by atoms with Gasteiger partial charge >= 0.3 is 12.2 Å². The molecule has 4 heterocycles. The first-order valence-corrected chi connectivity index (χ1v) is 22.2. The molecule has 0 unspecified atom stereocenters. The molecule has 1 saturated heterocycles. The van der Waals surface area contributed by atoms with Gasteiger partial charge in [0.15, 0.2) is 11.2 Å². The molecule has 2 aromatic carbocycles. The molecule has 1 fully saturated rings. The van der Waals surface area contributed by atoms with Crippen LogP contribution in [-0.2, 0) is 36.8 Å². The molecule has 5 aromatic rings. The molecule has 20 nitrogen and oxygen atoms in total. The minimum atomic E-state index is -1.22. The van der Waals surface area contributed by atoms with Crippen LogP contribution >= 0.6 is 0 Å². The second-order valence-electron chi connectivity index (χ2n) is 18.5. The van der Waals surface area contributed by atoms with Crippen LogP contribution in [0.2, 0.25) is 0 Å². The van der Waals surface area contributed by atoms with Crippen molar-refractivity contribution in [1.82, 2.24) is 50.9 Å². The van der Waals surface area contributed by atoms with Crippen molar-refractivity contribution in [2.75, 3.05) is 27.4 Å². The van der Waals surface area contributed by atoms with Crippen LogP contribution in [0.4, 0.5) is 9.59 Å². The Morgan fingerprint density at radius 1 is 0.824 bits per heavy atom. The Bertz CT molecular complexity index is 2470. The number of nitrogens with zero attached hydrogens (tertiary/aromatic N) is 5. The summed E-state index contributed by atoms with van der Waals surface area (Å²) in [4.78, 5) is 78.4. The maximum atomic E-state index is 13.8. The SMILES string of the molecule is COC(=O)N[C@H](C(=O)N[C@@H](Cc1ccccc1)[C@@H](O)CN(Cc1ccc(-c2ccccn2)cc1)NC(=O)[C@@H](NC(=O)OC)C(C)(C)C)C(C)(C)C.O=c1[nH]cnc2c1ncn2[C@H]1CC[C@@H](CO)O1. The van der Waals surface area contributed by atoms with Crippen LogP contribution in [0.3, 0.4) is 0 Å². The van der Waals surface area contributed by atoms with Gasteiger partial charge < -0.3 is 45.4 Å². The van der Waals surface area contributed by atoms with E-state index in [0.717, 1.165) is 35.2 Å². The van der Waals surface area contributed by atoms with E-state index < -0.39 is 59.1 Å². The number of amides is 4. The Hall–Kier alpha value is -6.74. The van der Waals surface area contributed by atoms with Crippen molar-refractivity contribution in [3.05, 3.63) is 113 Å². The number of pyridine rings is 1. The Morgan fingerprint density at radius 2 is 1.46 bits per heavy atom. The number of imidazole rings is 1. The fraction of sp³-hybridized carbons (Fsp3) is 0.458. The monoisotopic (exact) mass is 940 g/mol. The van der Waals surface area contributed by atoms with Crippen LogP contribution < -0.4 is 26.9 Å². The number of hydrazine groups is 1. The number of ether oxygens (including phenoxy) is 3. The fourth-order valence-electron chi connectivity index (χ4n) is 7.48. The quantitative estimate of drug-likeness (QED) is 0.0690. The number of hydrogen-bond donors (Lipinski definition) is 7. The van der Waals surface area contributed by atoms with Gasteiger partial charge in [-0.2, -0.15) is 0 Å². The van der Waals surface area contributed by atoms with Crippen molar-refractivity contribution in [3.63, 3.8) is 0 Å². The second-order valence-corrected chi connectivity index (χ2v) is 18.5. The summed E-state index contributed by atoms with van der Waals surface area (Å²) >= 11 is 0. The maximum Gasteiger partial charge on any atom is 0.407 e. The Balaban J connectivity index is 0.000000419. The number of aromatic nitrogens is 5. The third kappa shape index (κ3) is 14.6. The van der Waals surface area contributed by atoms with E-state index in [9.17, 15) is 29.1 Å². The van der Waals surface area contributed by atoms with Gasteiger partial charge in [-0.05, 0) is 53.4 Å². The number of benzene rings is 2. The van der Waals surface area contributed by atoms with Crippen LogP contribution in [-0.4, -0.2) is 121 Å². The van der Waals surface area contributed by atoms with Crippen molar-refractivity contribution in [2.24, 2.45) is 10.8 Å². The zero-order valence-electron chi connectivity index (χ0n) is 39.8. The Kier molecular flexibility index (Phi) is 18.3. The first-order valence-electron chi connectivity index (χ1n) is 22.2. The smallest absolute Gasteiger partial charge is 0.407 e. The Morgan fingerprint density at radius 3 is 2.03 bits per heavy atom. The van der Waals surface area contributed by atoms with Gasteiger partial charge in [-0.1, -0.05) is 102 Å². The predicted octanol–water partition coefficient (Wildman–Crippen LogP) is 4.00. The highest BCUT2D eigenvalue weighted by Crippen LogP contribution is 2.29. The molecule has 0 spiro atoms. The largest absolute Gasteiger partial charge is 0.453 e. The third-order valence-electron chi connectivity index (χ3n) is 11.2.